The van der Waals surface area contributed by atoms with Crippen molar-refractivity contribution in [3.8, 4) is 0 Å². The minimum absolute atomic E-state index is 0.129. The fourth-order valence-corrected chi connectivity index (χ4v) is 4.79. The zero-order chi connectivity index (χ0) is 21.4. The topological polar surface area (TPSA) is 93.2 Å². The Hall–Kier alpha value is -3.20. The van der Waals surface area contributed by atoms with E-state index < -0.39 is 17.7 Å². The van der Waals surface area contributed by atoms with Crippen molar-refractivity contribution < 1.29 is 14.7 Å². The second kappa shape index (κ2) is 7.91. The van der Waals surface area contributed by atoms with Crippen LogP contribution in [0.3, 0.4) is 0 Å². The van der Waals surface area contributed by atoms with Crippen LogP contribution in [0.5, 0.6) is 0 Å². The highest BCUT2D eigenvalue weighted by atomic mass is 32.1. The molecule has 1 atom stereocenters. The van der Waals surface area contributed by atoms with E-state index in [9.17, 15) is 14.7 Å². The summed E-state index contributed by atoms with van der Waals surface area (Å²) >= 11 is 1.46. The quantitative estimate of drug-likeness (QED) is 0.372. The van der Waals surface area contributed by atoms with Crippen molar-refractivity contribution in [1.82, 2.24) is 24.2 Å². The second-order valence-electron chi connectivity index (χ2n) is 7.33. The van der Waals surface area contributed by atoms with Crippen molar-refractivity contribution in [2.24, 2.45) is 7.05 Å². The minimum Gasteiger partial charge on any atom is -0.507 e. The zero-order valence-corrected chi connectivity index (χ0v) is 17.9. The van der Waals surface area contributed by atoms with Crippen LogP contribution in [0.25, 0.3) is 5.76 Å². The Morgan fingerprint density at radius 3 is 2.67 bits per heavy atom. The summed E-state index contributed by atoms with van der Waals surface area (Å²) in [5.41, 5.74) is 1.99. The molecule has 1 aliphatic heterocycles. The van der Waals surface area contributed by atoms with E-state index in [1.807, 2.05) is 35.2 Å². The lowest BCUT2D eigenvalue weighted by molar-refractivity contribution is -0.139. The Morgan fingerprint density at radius 1 is 1.27 bits per heavy atom. The Labute approximate surface area is 178 Å². The van der Waals surface area contributed by atoms with Crippen molar-refractivity contribution in [2.75, 3.05) is 6.54 Å². The number of aliphatic hydroxyl groups excluding tert-OH is 1. The lowest BCUT2D eigenvalue weighted by Crippen LogP contribution is -2.31. The highest BCUT2D eigenvalue weighted by Crippen LogP contribution is 2.41. The van der Waals surface area contributed by atoms with Gasteiger partial charge in [0.05, 0.1) is 29.2 Å². The van der Waals surface area contributed by atoms with Gasteiger partial charge in [-0.2, -0.15) is 5.10 Å². The van der Waals surface area contributed by atoms with Crippen LogP contribution in [0.4, 0.5) is 0 Å². The molecule has 1 N–H and O–H groups in total. The standard InChI is InChI=1S/C21H23N5O3S/c1-13-16(14(2)24(3)23-13)19(27)17-18(15-6-4-11-30-15)26(21(29)20(17)28)9-5-8-25-10-7-22-12-25/h4,6-7,10-12,18,27H,5,8-9H2,1-3H3/t18-/m0/s1. The number of thiophene rings is 1. The number of carbonyl (C=O) groups is 2. The van der Waals surface area contributed by atoms with Crippen LogP contribution in [0, 0.1) is 13.8 Å². The third-order valence-electron chi connectivity index (χ3n) is 5.47. The molecule has 3 aromatic rings. The first-order valence-electron chi connectivity index (χ1n) is 9.68. The molecule has 3 aromatic heterocycles. The molecule has 0 radical (unpaired) electrons. The number of Topliss-reactive ketones (excluding diaryl/α,β-unsaturated/α-hetero) is 1. The number of hydrogen-bond donors (Lipinski definition) is 1. The molecule has 0 spiro atoms. The number of ketones is 1. The zero-order valence-electron chi connectivity index (χ0n) is 17.1. The number of aliphatic hydroxyl groups is 1. The van der Waals surface area contributed by atoms with E-state index >= 15 is 0 Å². The van der Waals surface area contributed by atoms with Crippen LogP contribution >= 0.6 is 11.3 Å². The summed E-state index contributed by atoms with van der Waals surface area (Å²) in [4.78, 5) is 32.4. The fraction of sp³-hybridized carbons (Fsp3) is 0.333. The Kier molecular flexibility index (Phi) is 5.29. The number of likely N-dealkylation sites (tertiary alicyclic amines) is 1. The molecule has 1 fully saturated rings. The summed E-state index contributed by atoms with van der Waals surface area (Å²) in [5.74, 6) is -1.40. The third kappa shape index (κ3) is 3.35. The molecule has 0 aliphatic carbocycles. The van der Waals surface area contributed by atoms with E-state index in [-0.39, 0.29) is 11.3 Å². The molecule has 9 heteroatoms. The van der Waals surface area contributed by atoms with Gasteiger partial charge in [-0.05, 0) is 31.7 Å². The average molecular weight is 426 g/mol. The monoisotopic (exact) mass is 425 g/mol. The number of imidazole rings is 1. The molecular formula is C21H23N5O3S. The Bertz CT molecular complexity index is 1110. The van der Waals surface area contributed by atoms with Gasteiger partial charge < -0.3 is 14.6 Å². The summed E-state index contributed by atoms with van der Waals surface area (Å²) in [6.07, 6.45) is 5.95. The van der Waals surface area contributed by atoms with Gasteiger partial charge in [0.1, 0.15) is 5.76 Å². The molecule has 8 nitrogen and oxygen atoms in total. The maximum Gasteiger partial charge on any atom is 0.295 e. The van der Waals surface area contributed by atoms with Gasteiger partial charge in [-0.15, -0.1) is 11.3 Å². The van der Waals surface area contributed by atoms with E-state index in [0.717, 1.165) is 10.6 Å². The van der Waals surface area contributed by atoms with Crippen molar-refractivity contribution in [3.63, 3.8) is 0 Å². The minimum atomic E-state index is -0.656. The summed E-state index contributed by atoms with van der Waals surface area (Å²) in [5, 5.41) is 17.4. The molecule has 4 heterocycles. The summed E-state index contributed by atoms with van der Waals surface area (Å²) in [7, 11) is 1.78. The molecule has 30 heavy (non-hydrogen) atoms. The number of nitrogens with zero attached hydrogens (tertiary/aromatic N) is 5. The highest BCUT2D eigenvalue weighted by molar-refractivity contribution is 7.10. The number of rotatable bonds is 6. The third-order valence-corrected chi connectivity index (χ3v) is 6.40. The maximum atomic E-state index is 13.0. The van der Waals surface area contributed by atoms with E-state index in [0.29, 0.717) is 30.8 Å². The van der Waals surface area contributed by atoms with Crippen LogP contribution < -0.4 is 0 Å². The van der Waals surface area contributed by atoms with Crippen molar-refractivity contribution in [2.45, 2.75) is 32.9 Å². The van der Waals surface area contributed by atoms with Crippen LogP contribution in [-0.4, -0.2) is 47.6 Å². The average Bonchev–Trinajstić information content (AvgIpc) is 3.48. The normalized spacial score (nSPS) is 18.5. The van der Waals surface area contributed by atoms with Gasteiger partial charge in [0, 0.05) is 43.1 Å². The summed E-state index contributed by atoms with van der Waals surface area (Å²) < 4.78 is 3.59. The Balaban J connectivity index is 1.74. The van der Waals surface area contributed by atoms with Crippen LogP contribution in [-0.2, 0) is 23.2 Å². The molecule has 0 bridgehead atoms. The summed E-state index contributed by atoms with van der Waals surface area (Å²) in [6, 6.07) is 3.17. The molecule has 0 saturated carbocycles. The van der Waals surface area contributed by atoms with Gasteiger partial charge in [-0.25, -0.2) is 4.98 Å². The highest BCUT2D eigenvalue weighted by Gasteiger charge is 2.46. The number of carbonyl (C=O) groups excluding carboxylic acids is 2. The predicted molar refractivity (Wildman–Crippen MR) is 113 cm³/mol. The molecule has 1 aliphatic rings. The molecule has 1 amide bonds. The molecule has 1 saturated heterocycles. The number of aryl methyl sites for hydroxylation is 3. The Morgan fingerprint density at radius 2 is 2.07 bits per heavy atom. The summed E-state index contributed by atoms with van der Waals surface area (Å²) in [6.45, 7) is 4.69. The van der Waals surface area contributed by atoms with Crippen LogP contribution in [0.1, 0.15) is 34.3 Å². The maximum absolute atomic E-state index is 13.0. The van der Waals surface area contributed by atoms with Gasteiger partial charge in [-0.3, -0.25) is 14.3 Å². The SMILES string of the molecule is Cc1nn(C)c(C)c1C(O)=C1C(=O)C(=O)N(CCCn2ccnc2)[C@H]1c1cccs1. The molecule has 0 aromatic carbocycles. The predicted octanol–water partition coefficient (Wildman–Crippen LogP) is 2.81. The lowest BCUT2D eigenvalue weighted by Gasteiger charge is -2.24. The number of amides is 1. The number of aromatic nitrogens is 4. The molecule has 156 valence electrons. The van der Waals surface area contributed by atoms with Gasteiger partial charge in [-0.1, -0.05) is 6.07 Å². The lowest BCUT2D eigenvalue weighted by atomic mass is 9.99. The first kappa shape index (κ1) is 20.1. The molecule has 4 rings (SSSR count). The largest absolute Gasteiger partial charge is 0.507 e. The van der Waals surface area contributed by atoms with E-state index in [2.05, 4.69) is 10.1 Å². The van der Waals surface area contributed by atoms with E-state index in [4.69, 9.17) is 0 Å². The van der Waals surface area contributed by atoms with Crippen LogP contribution in [0.15, 0.2) is 41.8 Å². The van der Waals surface area contributed by atoms with Gasteiger partial charge in [0.25, 0.3) is 11.7 Å². The number of hydrogen-bond acceptors (Lipinski definition) is 6. The van der Waals surface area contributed by atoms with Gasteiger partial charge >= 0.3 is 0 Å². The smallest absolute Gasteiger partial charge is 0.295 e. The van der Waals surface area contributed by atoms with Crippen molar-refractivity contribution >= 4 is 28.8 Å². The van der Waals surface area contributed by atoms with Gasteiger partial charge in [0.2, 0.25) is 0 Å². The van der Waals surface area contributed by atoms with Crippen LogP contribution in [0.2, 0.25) is 0 Å². The van der Waals surface area contributed by atoms with Crippen molar-refractivity contribution in [1.29, 1.82) is 0 Å². The first-order chi connectivity index (χ1) is 14.4. The molecule has 0 unspecified atom stereocenters. The molecular weight excluding hydrogens is 402 g/mol. The van der Waals surface area contributed by atoms with E-state index in [1.165, 1.54) is 11.3 Å². The van der Waals surface area contributed by atoms with E-state index in [1.54, 1.807) is 36.1 Å². The van der Waals surface area contributed by atoms with Crippen molar-refractivity contribution in [3.05, 3.63) is 63.6 Å². The fourth-order valence-electron chi connectivity index (χ4n) is 3.95. The van der Waals surface area contributed by atoms with Gasteiger partial charge in [0.15, 0.2) is 0 Å². The second-order valence-corrected chi connectivity index (χ2v) is 8.31. The first-order valence-corrected chi connectivity index (χ1v) is 10.6.